The number of nitrogens with zero attached hydrogens (tertiary/aromatic N) is 2. The molecule has 0 aliphatic rings. The van der Waals surface area contributed by atoms with Crippen LogP contribution in [-0.4, -0.2) is 9.78 Å². The van der Waals surface area contributed by atoms with Gasteiger partial charge in [0.15, 0.2) is 5.22 Å². The van der Waals surface area contributed by atoms with Gasteiger partial charge < -0.3 is 4.42 Å². The molecule has 80 valence electrons. The van der Waals surface area contributed by atoms with Crippen LogP contribution in [0.25, 0.3) is 0 Å². The molecule has 0 aromatic carbocycles. The van der Waals surface area contributed by atoms with Crippen molar-refractivity contribution < 1.29 is 4.42 Å². The van der Waals surface area contributed by atoms with Gasteiger partial charge in [0.05, 0.1) is 18.0 Å². The van der Waals surface area contributed by atoms with Crippen LogP contribution in [0.4, 0.5) is 0 Å². The highest BCUT2D eigenvalue weighted by atomic mass is 35.5. The fourth-order valence-electron chi connectivity index (χ4n) is 1.43. The van der Waals surface area contributed by atoms with Gasteiger partial charge in [-0.2, -0.15) is 5.10 Å². The molecule has 0 saturated heterocycles. The smallest absolute Gasteiger partial charge is 0.198 e. The predicted molar refractivity (Wildman–Crippen MR) is 56.1 cm³/mol. The lowest BCUT2D eigenvalue weighted by atomic mass is 10.1. The van der Waals surface area contributed by atoms with Crippen LogP contribution >= 0.6 is 11.6 Å². The molecule has 0 spiro atoms. The van der Waals surface area contributed by atoms with E-state index in [9.17, 15) is 0 Å². The summed E-state index contributed by atoms with van der Waals surface area (Å²) in [6, 6.07) is 3.38. The van der Waals surface area contributed by atoms with Crippen LogP contribution < -0.4 is 11.3 Å². The molecule has 2 rings (SSSR count). The number of halogens is 1. The zero-order chi connectivity index (χ0) is 10.8. The van der Waals surface area contributed by atoms with Crippen molar-refractivity contribution in [1.82, 2.24) is 15.2 Å². The second-order valence-corrected chi connectivity index (χ2v) is 3.51. The number of rotatable bonds is 3. The second-order valence-electron chi connectivity index (χ2n) is 3.16. The topological polar surface area (TPSA) is 69.0 Å². The number of aryl methyl sites for hydroxylation is 1. The maximum Gasteiger partial charge on any atom is 0.198 e. The van der Waals surface area contributed by atoms with Crippen molar-refractivity contribution in [3.05, 3.63) is 41.1 Å². The Bertz CT molecular complexity index is 450. The van der Waals surface area contributed by atoms with Gasteiger partial charge in [-0.1, -0.05) is 0 Å². The monoisotopic (exact) mass is 226 g/mol. The summed E-state index contributed by atoms with van der Waals surface area (Å²) in [5.74, 6) is 5.47. The number of hydrogen-bond donors (Lipinski definition) is 2. The van der Waals surface area contributed by atoms with Crippen molar-refractivity contribution in [1.29, 1.82) is 0 Å². The van der Waals surface area contributed by atoms with Crippen LogP contribution in [0.1, 0.15) is 17.3 Å². The van der Waals surface area contributed by atoms with E-state index in [1.807, 2.05) is 19.3 Å². The first-order valence-corrected chi connectivity index (χ1v) is 4.78. The second kappa shape index (κ2) is 4.06. The lowest BCUT2D eigenvalue weighted by molar-refractivity contribution is 0.550. The zero-order valence-electron chi connectivity index (χ0n) is 8.14. The number of nitrogens with one attached hydrogen (secondary N) is 1. The molecule has 0 aliphatic heterocycles. The van der Waals surface area contributed by atoms with E-state index in [0.29, 0.717) is 5.22 Å². The lowest BCUT2D eigenvalue weighted by Gasteiger charge is -2.11. The highest BCUT2D eigenvalue weighted by Gasteiger charge is 2.19. The summed E-state index contributed by atoms with van der Waals surface area (Å²) in [6.45, 7) is 0. The molecule has 0 amide bonds. The van der Waals surface area contributed by atoms with Gasteiger partial charge in [-0.25, -0.2) is 5.43 Å². The fourth-order valence-corrected chi connectivity index (χ4v) is 1.66. The number of hydrogen-bond acceptors (Lipinski definition) is 4. The van der Waals surface area contributed by atoms with Crippen molar-refractivity contribution >= 4 is 11.6 Å². The summed E-state index contributed by atoms with van der Waals surface area (Å²) in [4.78, 5) is 0. The predicted octanol–water partition coefficient (Wildman–Crippen LogP) is 1.22. The summed E-state index contributed by atoms with van der Waals surface area (Å²) in [7, 11) is 1.84. The molecule has 1 unspecified atom stereocenters. The maximum absolute atomic E-state index is 5.87. The van der Waals surface area contributed by atoms with Crippen LogP contribution in [0.3, 0.4) is 0 Å². The van der Waals surface area contributed by atoms with Gasteiger partial charge in [-0.05, 0) is 23.7 Å². The molecule has 5 nitrogen and oxygen atoms in total. The summed E-state index contributed by atoms with van der Waals surface area (Å²) >= 11 is 5.87. The van der Waals surface area contributed by atoms with Crippen LogP contribution in [0, 0.1) is 0 Å². The standard InChI is InChI=1S/C9H11ClN4O/c1-14-4-2-7(13-14)8(12-11)6-3-5-15-9(6)10/h2-5,8,12H,11H2,1H3. The Morgan fingerprint density at radius 2 is 2.40 bits per heavy atom. The third-order valence-corrected chi connectivity index (χ3v) is 2.46. The number of aromatic nitrogens is 2. The van der Waals surface area contributed by atoms with Gasteiger partial charge in [-0.3, -0.25) is 10.5 Å². The average Bonchev–Trinajstić information content (AvgIpc) is 2.79. The first-order valence-electron chi connectivity index (χ1n) is 4.41. The first-order chi connectivity index (χ1) is 7.22. The van der Waals surface area contributed by atoms with Crippen LogP contribution in [0.2, 0.25) is 5.22 Å². The minimum atomic E-state index is -0.252. The van der Waals surface area contributed by atoms with E-state index >= 15 is 0 Å². The molecule has 0 bridgehead atoms. The molecular formula is C9H11ClN4O. The molecule has 3 N–H and O–H groups in total. The average molecular weight is 227 g/mol. The fraction of sp³-hybridized carbons (Fsp3) is 0.222. The van der Waals surface area contributed by atoms with Gasteiger partial charge in [0.1, 0.15) is 0 Å². The van der Waals surface area contributed by atoms with Crippen LogP contribution in [-0.2, 0) is 7.05 Å². The third-order valence-electron chi connectivity index (χ3n) is 2.15. The molecule has 0 aliphatic carbocycles. The van der Waals surface area contributed by atoms with Gasteiger partial charge in [0.25, 0.3) is 0 Å². The van der Waals surface area contributed by atoms with E-state index in [1.54, 1.807) is 10.7 Å². The quantitative estimate of drug-likeness (QED) is 0.610. The number of nitrogens with two attached hydrogens (primary N) is 1. The molecule has 2 aromatic heterocycles. The van der Waals surface area contributed by atoms with Crippen molar-refractivity contribution in [2.75, 3.05) is 0 Å². The van der Waals surface area contributed by atoms with E-state index < -0.39 is 0 Å². The van der Waals surface area contributed by atoms with Crippen molar-refractivity contribution in [3.8, 4) is 0 Å². The van der Waals surface area contributed by atoms with E-state index in [0.717, 1.165) is 11.3 Å². The Hall–Kier alpha value is -1.30. The summed E-state index contributed by atoms with van der Waals surface area (Å²) in [5, 5.41) is 4.58. The highest BCUT2D eigenvalue weighted by molar-refractivity contribution is 6.29. The molecule has 1 atom stereocenters. The molecule has 0 radical (unpaired) electrons. The van der Waals surface area contributed by atoms with E-state index in [2.05, 4.69) is 10.5 Å². The van der Waals surface area contributed by atoms with E-state index in [-0.39, 0.29) is 6.04 Å². The molecular weight excluding hydrogens is 216 g/mol. The number of hydrazine groups is 1. The summed E-state index contributed by atoms with van der Waals surface area (Å²) in [5.41, 5.74) is 4.23. The Morgan fingerprint density at radius 1 is 1.60 bits per heavy atom. The van der Waals surface area contributed by atoms with Gasteiger partial charge in [0.2, 0.25) is 0 Å². The van der Waals surface area contributed by atoms with Gasteiger partial charge in [0, 0.05) is 18.8 Å². The molecule has 6 heteroatoms. The minimum Gasteiger partial charge on any atom is -0.453 e. The van der Waals surface area contributed by atoms with E-state index in [4.69, 9.17) is 21.9 Å². The molecule has 0 fully saturated rings. The van der Waals surface area contributed by atoms with Crippen molar-refractivity contribution in [2.45, 2.75) is 6.04 Å². The molecule has 0 saturated carbocycles. The summed E-state index contributed by atoms with van der Waals surface area (Å²) < 4.78 is 6.71. The Labute approximate surface area is 91.8 Å². The first kappa shape index (κ1) is 10.2. The normalized spacial score (nSPS) is 13.0. The van der Waals surface area contributed by atoms with Gasteiger partial charge >= 0.3 is 0 Å². The summed E-state index contributed by atoms with van der Waals surface area (Å²) in [6.07, 6.45) is 3.36. The largest absolute Gasteiger partial charge is 0.453 e. The third kappa shape index (κ3) is 1.90. The molecule has 2 heterocycles. The van der Waals surface area contributed by atoms with Crippen LogP contribution in [0.5, 0.6) is 0 Å². The maximum atomic E-state index is 5.87. The lowest BCUT2D eigenvalue weighted by Crippen LogP contribution is -2.29. The molecule has 2 aromatic rings. The van der Waals surface area contributed by atoms with Gasteiger partial charge in [-0.15, -0.1) is 0 Å². The Morgan fingerprint density at radius 3 is 2.87 bits per heavy atom. The SMILES string of the molecule is Cn1ccc(C(NN)c2ccoc2Cl)n1. The van der Waals surface area contributed by atoms with Crippen molar-refractivity contribution in [3.63, 3.8) is 0 Å². The Kier molecular flexibility index (Phi) is 2.77. The van der Waals surface area contributed by atoms with Crippen LogP contribution in [0.15, 0.2) is 29.0 Å². The zero-order valence-corrected chi connectivity index (χ0v) is 8.90. The minimum absolute atomic E-state index is 0.252. The Balaban J connectivity index is 2.36. The van der Waals surface area contributed by atoms with E-state index in [1.165, 1.54) is 6.26 Å². The number of furan rings is 1. The van der Waals surface area contributed by atoms with Crippen molar-refractivity contribution in [2.24, 2.45) is 12.9 Å². The highest BCUT2D eigenvalue weighted by Crippen LogP contribution is 2.27. The molecule has 15 heavy (non-hydrogen) atoms.